The first kappa shape index (κ1) is 11.0. The fourth-order valence-corrected chi connectivity index (χ4v) is 2.54. The summed E-state index contributed by atoms with van der Waals surface area (Å²) in [7, 11) is 0. The smallest absolute Gasteiger partial charge is 0.0637 e. The van der Waals surface area contributed by atoms with E-state index < -0.39 is 0 Å². The zero-order valence-corrected chi connectivity index (χ0v) is 9.55. The molecule has 2 heteroatoms. The van der Waals surface area contributed by atoms with Gasteiger partial charge in [0.2, 0.25) is 0 Å². The van der Waals surface area contributed by atoms with Crippen molar-refractivity contribution in [3.8, 4) is 0 Å². The average molecular weight is 185 g/mol. The molecule has 1 saturated heterocycles. The van der Waals surface area contributed by atoms with Gasteiger partial charge in [-0.2, -0.15) is 0 Å². The normalized spacial score (nSPS) is 30.0. The van der Waals surface area contributed by atoms with Gasteiger partial charge in [-0.1, -0.05) is 0 Å². The number of rotatable bonds is 1. The van der Waals surface area contributed by atoms with E-state index in [-0.39, 0.29) is 17.2 Å². The molecule has 0 aliphatic carbocycles. The molecule has 1 aliphatic heterocycles. The summed E-state index contributed by atoms with van der Waals surface area (Å²) in [5.74, 6) is 0.596. The molecule has 0 aromatic heterocycles. The van der Waals surface area contributed by atoms with Crippen molar-refractivity contribution in [2.75, 3.05) is 0 Å². The van der Waals surface area contributed by atoms with Crippen LogP contribution >= 0.6 is 0 Å². The summed E-state index contributed by atoms with van der Waals surface area (Å²) in [5, 5.41) is 0. The number of ether oxygens (including phenoxy) is 1. The third-order valence-corrected chi connectivity index (χ3v) is 2.80. The predicted octanol–water partition coefficient (Wildman–Crippen LogP) is 2.32. The molecule has 0 bridgehead atoms. The van der Waals surface area contributed by atoms with E-state index in [4.69, 9.17) is 10.5 Å². The molecule has 0 saturated carbocycles. The van der Waals surface area contributed by atoms with Gasteiger partial charge in [-0.25, -0.2) is 0 Å². The molecule has 78 valence electrons. The third-order valence-electron chi connectivity index (χ3n) is 2.80. The Morgan fingerprint density at radius 1 is 1.15 bits per heavy atom. The van der Waals surface area contributed by atoms with E-state index in [9.17, 15) is 0 Å². The lowest BCUT2D eigenvalue weighted by Gasteiger charge is -2.46. The first-order valence-electron chi connectivity index (χ1n) is 5.18. The summed E-state index contributed by atoms with van der Waals surface area (Å²) in [5.41, 5.74) is 5.93. The Kier molecular flexibility index (Phi) is 2.75. The van der Waals surface area contributed by atoms with Crippen molar-refractivity contribution >= 4 is 0 Å². The minimum absolute atomic E-state index is 0.0138. The number of hydrogen-bond acceptors (Lipinski definition) is 2. The van der Waals surface area contributed by atoms with Crippen LogP contribution in [0.2, 0.25) is 0 Å². The van der Waals surface area contributed by atoms with Gasteiger partial charge >= 0.3 is 0 Å². The van der Waals surface area contributed by atoms with Gasteiger partial charge in [0.05, 0.1) is 11.2 Å². The molecule has 0 amide bonds. The Labute approximate surface area is 81.8 Å². The molecule has 0 aromatic rings. The largest absolute Gasteiger partial charge is 0.370 e. The molecule has 1 heterocycles. The van der Waals surface area contributed by atoms with Crippen LogP contribution in [-0.4, -0.2) is 17.2 Å². The molecule has 2 N–H and O–H groups in total. The van der Waals surface area contributed by atoms with Crippen molar-refractivity contribution in [2.24, 2.45) is 11.7 Å². The van der Waals surface area contributed by atoms with Gasteiger partial charge in [0.25, 0.3) is 0 Å². The highest BCUT2D eigenvalue weighted by Crippen LogP contribution is 2.39. The molecule has 0 radical (unpaired) electrons. The molecule has 1 fully saturated rings. The first-order chi connectivity index (χ1) is 5.72. The van der Waals surface area contributed by atoms with Crippen molar-refractivity contribution in [2.45, 2.75) is 64.7 Å². The zero-order valence-electron chi connectivity index (χ0n) is 9.55. The second-order valence-electron chi connectivity index (χ2n) is 5.65. The Morgan fingerprint density at radius 3 is 1.85 bits per heavy atom. The van der Waals surface area contributed by atoms with Crippen LogP contribution in [0.3, 0.4) is 0 Å². The summed E-state index contributed by atoms with van der Waals surface area (Å²) in [6.07, 6.45) is 2.15. The molecular weight excluding hydrogens is 162 g/mol. The van der Waals surface area contributed by atoms with Crippen molar-refractivity contribution in [3.05, 3.63) is 0 Å². The molecule has 0 aromatic carbocycles. The van der Waals surface area contributed by atoms with E-state index in [2.05, 4.69) is 34.6 Å². The van der Waals surface area contributed by atoms with Crippen LogP contribution in [0, 0.1) is 5.92 Å². The van der Waals surface area contributed by atoms with E-state index >= 15 is 0 Å². The van der Waals surface area contributed by atoms with Crippen LogP contribution in [0.25, 0.3) is 0 Å². The van der Waals surface area contributed by atoms with Gasteiger partial charge in [-0.3, -0.25) is 0 Å². The molecule has 13 heavy (non-hydrogen) atoms. The molecule has 1 rings (SSSR count). The van der Waals surface area contributed by atoms with Gasteiger partial charge in [-0.05, 0) is 53.4 Å². The second kappa shape index (κ2) is 3.25. The molecular formula is C11H23NO. The molecule has 1 atom stereocenters. The van der Waals surface area contributed by atoms with Gasteiger partial charge in [-0.15, -0.1) is 0 Å². The Bertz CT molecular complexity index is 169. The van der Waals surface area contributed by atoms with Crippen molar-refractivity contribution in [1.82, 2.24) is 0 Å². The quantitative estimate of drug-likeness (QED) is 0.680. The minimum Gasteiger partial charge on any atom is -0.370 e. The highest BCUT2D eigenvalue weighted by atomic mass is 16.5. The highest BCUT2D eigenvalue weighted by molar-refractivity contribution is 4.90. The van der Waals surface area contributed by atoms with Crippen LogP contribution in [-0.2, 0) is 4.74 Å². The fraction of sp³-hybridized carbons (Fsp3) is 1.00. The number of hydrogen-bond donors (Lipinski definition) is 1. The summed E-state index contributed by atoms with van der Waals surface area (Å²) >= 11 is 0. The topological polar surface area (TPSA) is 35.2 Å². The van der Waals surface area contributed by atoms with Crippen LogP contribution < -0.4 is 5.73 Å². The van der Waals surface area contributed by atoms with Crippen molar-refractivity contribution in [3.63, 3.8) is 0 Å². The monoisotopic (exact) mass is 185 g/mol. The summed E-state index contributed by atoms with van der Waals surface area (Å²) in [6.45, 7) is 10.7. The minimum atomic E-state index is -0.0138. The maximum absolute atomic E-state index is 5.99. The maximum atomic E-state index is 5.99. The van der Waals surface area contributed by atoms with E-state index in [0.29, 0.717) is 5.92 Å². The summed E-state index contributed by atoms with van der Waals surface area (Å²) < 4.78 is 5.99. The lowest BCUT2D eigenvalue weighted by molar-refractivity contribution is -0.174. The lowest BCUT2D eigenvalue weighted by atomic mass is 9.78. The predicted molar refractivity (Wildman–Crippen MR) is 55.6 cm³/mol. The second-order valence-corrected chi connectivity index (χ2v) is 5.65. The Hall–Kier alpha value is -0.0800. The third kappa shape index (κ3) is 2.96. The van der Waals surface area contributed by atoms with Crippen LogP contribution in [0.15, 0.2) is 0 Å². The standard InChI is InChI=1S/C11H23NO/c1-8(12)9-6-10(2,3)13-11(4,5)7-9/h8-9H,6-7,12H2,1-5H3. The van der Waals surface area contributed by atoms with E-state index in [1.54, 1.807) is 0 Å². The van der Waals surface area contributed by atoms with Crippen molar-refractivity contribution in [1.29, 1.82) is 0 Å². The van der Waals surface area contributed by atoms with E-state index in [1.165, 1.54) is 0 Å². The first-order valence-corrected chi connectivity index (χ1v) is 5.18. The summed E-state index contributed by atoms with van der Waals surface area (Å²) in [4.78, 5) is 0. The van der Waals surface area contributed by atoms with Gasteiger partial charge in [0.15, 0.2) is 0 Å². The van der Waals surface area contributed by atoms with Crippen LogP contribution in [0.4, 0.5) is 0 Å². The van der Waals surface area contributed by atoms with E-state index in [0.717, 1.165) is 12.8 Å². The lowest BCUT2D eigenvalue weighted by Crippen LogP contribution is -2.49. The van der Waals surface area contributed by atoms with Gasteiger partial charge in [0.1, 0.15) is 0 Å². The molecule has 2 nitrogen and oxygen atoms in total. The van der Waals surface area contributed by atoms with Crippen LogP contribution in [0.5, 0.6) is 0 Å². The molecule has 0 spiro atoms. The van der Waals surface area contributed by atoms with Crippen molar-refractivity contribution < 1.29 is 4.74 Å². The Morgan fingerprint density at radius 2 is 1.54 bits per heavy atom. The molecule has 1 unspecified atom stereocenters. The highest BCUT2D eigenvalue weighted by Gasteiger charge is 2.40. The van der Waals surface area contributed by atoms with E-state index in [1.807, 2.05) is 0 Å². The Balaban J connectivity index is 2.72. The molecule has 1 aliphatic rings. The van der Waals surface area contributed by atoms with Gasteiger partial charge < -0.3 is 10.5 Å². The fourth-order valence-electron chi connectivity index (χ4n) is 2.54. The maximum Gasteiger partial charge on any atom is 0.0637 e. The SMILES string of the molecule is CC(N)C1CC(C)(C)OC(C)(C)C1. The average Bonchev–Trinajstić information content (AvgIpc) is 1.79. The van der Waals surface area contributed by atoms with Gasteiger partial charge in [0, 0.05) is 6.04 Å². The van der Waals surface area contributed by atoms with Crippen LogP contribution in [0.1, 0.15) is 47.5 Å². The number of nitrogens with two attached hydrogens (primary N) is 1. The zero-order chi connectivity index (χ0) is 10.3. The summed E-state index contributed by atoms with van der Waals surface area (Å²) in [6, 6.07) is 0.280.